The first kappa shape index (κ1) is 22.3. The summed E-state index contributed by atoms with van der Waals surface area (Å²) in [6.07, 6.45) is 0.000813. The van der Waals surface area contributed by atoms with Crippen LogP contribution in [0.25, 0.3) is 0 Å². The number of benzene rings is 2. The fraction of sp³-hybridized carbons (Fsp3) is 0.261. The fourth-order valence-corrected chi connectivity index (χ4v) is 3.42. The van der Waals surface area contributed by atoms with Gasteiger partial charge >= 0.3 is 5.97 Å². The van der Waals surface area contributed by atoms with E-state index in [0.717, 1.165) is 21.9 Å². The molecule has 1 N–H and O–H groups in total. The van der Waals surface area contributed by atoms with Crippen molar-refractivity contribution in [2.24, 2.45) is 0 Å². The number of ether oxygens (including phenoxy) is 3. The molecule has 1 amide bonds. The quantitative estimate of drug-likeness (QED) is 0.486. The van der Waals surface area contributed by atoms with Crippen LogP contribution in [0.3, 0.4) is 0 Å². The smallest absolute Gasteiger partial charge is 0.312 e. The molecule has 0 saturated carbocycles. The molecule has 8 heteroatoms. The van der Waals surface area contributed by atoms with Crippen LogP contribution in [0.15, 0.2) is 53.9 Å². The molecule has 0 atom stereocenters. The lowest BCUT2D eigenvalue weighted by Gasteiger charge is -2.09. The minimum Gasteiger partial charge on any atom is -0.496 e. The van der Waals surface area contributed by atoms with E-state index in [2.05, 4.69) is 10.3 Å². The zero-order chi connectivity index (χ0) is 22.1. The molecule has 7 nitrogen and oxygen atoms in total. The molecule has 0 fully saturated rings. The van der Waals surface area contributed by atoms with Crippen LogP contribution >= 0.6 is 11.3 Å². The number of esters is 1. The largest absolute Gasteiger partial charge is 0.496 e. The zero-order valence-electron chi connectivity index (χ0n) is 17.4. The molecule has 0 spiro atoms. The molecule has 2 aromatic carbocycles. The first-order valence-electron chi connectivity index (χ1n) is 9.70. The summed E-state index contributed by atoms with van der Waals surface area (Å²) in [6.45, 7) is 2.28. The summed E-state index contributed by atoms with van der Waals surface area (Å²) in [4.78, 5) is 28.4. The summed E-state index contributed by atoms with van der Waals surface area (Å²) in [7, 11) is 1.57. The van der Waals surface area contributed by atoms with Crippen molar-refractivity contribution in [2.75, 3.05) is 13.7 Å². The average Bonchev–Trinajstić information content (AvgIpc) is 3.23. The Bertz CT molecular complexity index is 1020. The number of carbonyl (C=O) groups is 2. The summed E-state index contributed by atoms with van der Waals surface area (Å²) in [5, 5.41) is 5.26. The van der Waals surface area contributed by atoms with Crippen molar-refractivity contribution in [3.05, 3.63) is 75.7 Å². The number of thiazole rings is 1. The van der Waals surface area contributed by atoms with Gasteiger partial charge < -0.3 is 19.5 Å². The van der Waals surface area contributed by atoms with Gasteiger partial charge in [-0.3, -0.25) is 9.59 Å². The van der Waals surface area contributed by atoms with Gasteiger partial charge in [-0.1, -0.05) is 35.9 Å². The number of nitrogens with zero attached hydrogens (tertiary/aromatic N) is 1. The normalized spacial score (nSPS) is 10.4. The van der Waals surface area contributed by atoms with Gasteiger partial charge in [0.25, 0.3) is 5.91 Å². The molecule has 0 unspecified atom stereocenters. The standard InChI is InChI=1S/C23H24N2O5S/c1-16-7-9-19(10-8-16)29-14-22-25-18(15-31-22)11-23(27)30-13-21(26)24-12-17-5-3-4-6-20(17)28-2/h3-10,15H,11-14H2,1-2H3,(H,24,26). The Morgan fingerprint density at radius 1 is 1.10 bits per heavy atom. The molecule has 0 aliphatic heterocycles. The predicted octanol–water partition coefficient (Wildman–Crippen LogP) is 3.44. The minimum atomic E-state index is -0.510. The van der Waals surface area contributed by atoms with E-state index in [1.807, 2.05) is 55.5 Å². The lowest BCUT2D eigenvalue weighted by atomic mass is 10.2. The molecule has 3 rings (SSSR count). The Kier molecular flexibility index (Phi) is 8.00. The number of methoxy groups -OCH3 is 1. The van der Waals surface area contributed by atoms with Crippen molar-refractivity contribution in [3.8, 4) is 11.5 Å². The van der Waals surface area contributed by atoms with E-state index in [4.69, 9.17) is 14.2 Å². The first-order valence-corrected chi connectivity index (χ1v) is 10.6. The highest BCUT2D eigenvalue weighted by atomic mass is 32.1. The maximum atomic E-state index is 12.0. The van der Waals surface area contributed by atoms with Gasteiger partial charge in [0, 0.05) is 17.5 Å². The summed E-state index contributed by atoms with van der Waals surface area (Å²) < 4.78 is 16.0. The van der Waals surface area contributed by atoms with Gasteiger partial charge in [-0.2, -0.15) is 0 Å². The molecule has 3 aromatic rings. The van der Waals surface area contributed by atoms with Gasteiger partial charge in [-0.15, -0.1) is 11.3 Å². The molecule has 0 bridgehead atoms. The zero-order valence-corrected chi connectivity index (χ0v) is 18.2. The van der Waals surface area contributed by atoms with Crippen LogP contribution in [0.2, 0.25) is 0 Å². The van der Waals surface area contributed by atoms with Gasteiger partial charge in [-0.25, -0.2) is 4.98 Å². The topological polar surface area (TPSA) is 86.8 Å². The SMILES string of the molecule is COc1ccccc1CNC(=O)COC(=O)Cc1csc(COc2ccc(C)cc2)n1. The van der Waals surface area contributed by atoms with E-state index in [1.165, 1.54) is 11.3 Å². The van der Waals surface area contributed by atoms with Gasteiger partial charge in [0.05, 0.1) is 19.2 Å². The van der Waals surface area contributed by atoms with Crippen LogP contribution in [0, 0.1) is 6.92 Å². The average molecular weight is 441 g/mol. The van der Waals surface area contributed by atoms with Crippen LogP contribution in [0.5, 0.6) is 11.5 Å². The lowest BCUT2D eigenvalue weighted by molar-refractivity contribution is -0.147. The van der Waals surface area contributed by atoms with Crippen LogP contribution in [-0.2, 0) is 33.9 Å². The third-order valence-corrected chi connectivity index (χ3v) is 5.21. The number of hydrogen-bond acceptors (Lipinski definition) is 7. The maximum absolute atomic E-state index is 12.0. The van der Waals surface area contributed by atoms with Crippen molar-refractivity contribution in [2.45, 2.75) is 26.5 Å². The van der Waals surface area contributed by atoms with Crippen molar-refractivity contribution < 1.29 is 23.8 Å². The molecular weight excluding hydrogens is 416 g/mol. The molecule has 0 aliphatic rings. The van der Waals surface area contributed by atoms with E-state index in [0.29, 0.717) is 18.1 Å². The van der Waals surface area contributed by atoms with Gasteiger partial charge in [-0.05, 0) is 25.1 Å². The van der Waals surface area contributed by atoms with Crippen molar-refractivity contribution in [3.63, 3.8) is 0 Å². The molecule has 0 saturated heterocycles. The highest BCUT2D eigenvalue weighted by molar-refractivity contribution is 7.09. The third-order valence-electron chi connectivity index (χ3n) is 4.34. The molecule has 0 aliphatic carbocycles. The molecule has 31 heavy (non-hydrogen) atoms. The molecule has 1 heterocycles. The molecular formula is C23H24N2O5S. The lowest BCUT2D eigenvalue weighted by Crippen LogP contribution is -2.28. The Balaban J connectivity index is 1.38. The van der Waals surface area contributed by atoms with Crippen molar-refractivity contribution >= 4 is 23.2 Å². The number of hydrogen-bond donors (Lipinski definition) is 1. The summed E-state index contributed by atoms with van der Waals surface area (Å²) in [6, 6.07) is 15.1. The molecule has 0 radical (unpaired) electrons. The monoisotopic (exact) mass is 440 g/mol. The van der Waals surface area contributed by atoms with E-state index >= 15 is 0 Å². The number of nitrogens with one attached hydrogen (secondary N) is 1. The van der Waals surface area contributed by atoms with Crippen LogP contribution in [0.4, 0.5) is 0 Å². The second-order valence-corrected chi connectivity index (χ2v) is 7.70. The summed E-state index contributed by atoms with van der Waals surface area (Å²) >= 11 is 1.41. The van der Waals surface area contributed by atoms with E-state index in [-0.39, 0.29) is 25.5 Å². The van der Waals surface area contributed by atoms with Crippen LogP contribution < -0.4 is 14.8 Å². The second kappa shape index (κ2) is 11.1. The Morgan fingerprint density at radius 3 is 2.65 bits per heavy atom. The summed E-state index contributed by atoms with van der Waals surface area (Å²) in [5.74, 6) is 0.555. The molecule has 162 valence electrons. The number of aryl methyl sites for hydroxylation is 1. The highest BCUT2D eigenvalue weighted by Gasteiger charge is 2.12. The number of aromatic nitrogens is 1. The predicted molar refractivity (Wildman–Crippen MR) is 117 cm³/mol. The summed E-state index contributed by atoms with van der Waals surface area (Å²) in [5.41, 5.74) is 2.59. The van der Waals surface area contributed by atoms with E-state index < -0.39 is 5.97 Å². The number of rotatable bonds is 10. The second-order valence-electron chi connectivity index (χ2n) is 6.76. The Labute approximate surface area is 185 Å². The van der Waals surface area contributed by atoms with E-state index in [1.54, 1.807) is 12.5 Å². The van der Waals surface area contributed by atoms with Crippen molar-refractivity contribution in [1.29, 1.82) is 0 Å². The maximum Gasteiger partial charge on any atom is 0.312 e. The Hall–Kier alpha value is -3.39. The van der Waals surface area contributed by atoms with Gasteiger partial charge in [0.1, 0.15) is 23.1 Å². The van der Waals surface area contributed by atoms with Gasteiger partial charge in [0.15, 0.2) is 6.61 Å². The number of amides is 1. The van der Waals surface area contributed by atoms with E-state index in [9.17, 15) is 9.59 Å². The first-order chi connectivity index (χ1) is 15.0. The van der Waals surface area contributed by atoms with Crippen LogP contribution in [0.1, 0.15) is 21.8 Å². The van der Waals surface area contributed by atoms with Crippen LogP contribution in [-0.4, -0.2) is 30.6 Å². The number of para-hydroxylation sites is 1. The Morgan fingerprint density at radius 2 is 1.87 bits per heavy atom. The third kappa shape index (κ3) is 7.11. The fourth-order valence-electron chi connectivity index (χ4n) is 2.71. The minimum absolute atomic E-state index is 0.000813. The van der Waals surface area contributed by atoms with Crippen molar-refractivity contribution in [1.82, 2.24) is 10.3 Å². The molecule has 1 aromatic heterocycles. The number of carbonyl (C=O) groups excluding carboxylic acids is 2. The van der Waals surface area contributed by atoms with Gasteiger partial charge in [0.2, 0.25) is 0 Å². The highest BCUT2D eigenvalue weighted by Crippen LogP contribution is 2.17.